The van der Waals surface area contributed by atoms with Gasteiger partial charge in [0.2, 0.25) is 0 Å². The minimum atomic E-state index is 0.516. The van der Waals surface area contributed by atoms with Gasteiger partial charge in [-0.05, 0) is 37.5 Å². The van der Waals surface area contributed by atoms with Crippen LogP contribution in [0.4, 0.5) is 0 Å². The molecule has 0 saturated heterocycles. The smallest absolute Gasteiger partial charge is 0.139 e. The molecule has 3 aliphatic carbocycles. The summed E-state index contributed by atoms with van der Waals surface area (Å²) < 4.78 is 0. The predicted octanol–water partition coefficient (Wildman–Crippen LogP) is 1.62. The zero-order valence-electron chi connectivity index (χ0n) is 6.05. The molecule has 3 saturated carbocycles. The van der Waals surface area contributed by atoms with Crippen LogP contribution in [0.3, 0.4) is 0 Å². The molecule has 0 aromatic heterocycles. The molecule has 0 amide bonds. The SMILES string of the molecule is O=C1C2CC3CCC(C2)C13. The summed E-state index contributed by atoms with van der Waals surface area (Å²) in [6.07, 6.45) is 5.22. The van der Waals surface area contributed by atoms with E-state index in [4.69, 9.17) is 0 Å². The first-order valence-corrected chi connectivity index (χ1v) is 4.40. The second-order valence-corrected chi connectivity index (χ2v) is 4.19. The van der Waals surface area contributed by atoms with E-state index >= 15 is 0 Å². The van der Waals surface area contributed by atoms with E-state index in [2.05, 4.69) is 0 Å². The third-order valence-electron chi connectivity index (χ3n) is 3.83. The first-order valence-electron chi connectivity index (χ1n) is 4.40. The van der Waals surface area contributed by atoms with Crippen molar-refractivity contribution in [1.82, 2.24) is 0 Å². The summed E-state index contributed by atoms with van der Waals surface area (Å²) in [5.74, 6) is 3.35. The summed E-state index contributed by atoms with van der Waals surface area (Å²) in [4.78, 5) is 11.4. The van der Waals surface area contributed by atoms with Crippen molar-refractivity contribution in [3.8, 4) is 0 Å². The van der Waals surface area contributed by atoms with Crippen molar-refractivity contribution < 1.29 is 4.79 Å². The van der Waals surface area contributed by atoms with Gasteiger partial charge in [0.15, 0.2) is 0 Å². The third kappa shape index (κ3) is 0.415. The van der Waals surface area contributed by atoms with Crippen molar-refractivity contribution >= 4 is 5.78 Å². The molecule has 0 N–H and O–H groups in total. The van der Waals surface area contributed by atoms with Gasteiger partial charge in [-0.2, -0.15) is 0 Å². The molecule has 2 unspecified atom stereocenters. The predicted molar refractivity (Wildman–Crippen MR) is 37.4 cm³/mol. The number of hydrogen-bond donors (Lipinski definition) is 0. The molecule has 1 heteroatoms. The number of ketones is 1. The maximum atomic E-state index is 11.4. The van der Waals surface area contributed by atoms with E-state index in [1.807, 2.05) is 0 Å². The Kier molecular flexibility index (Phi) is 0.781. The van der Waals surface area contributed by atoms with E-state index in [9.17, 15) is 4.79 Å². The molecular formula is C9H12O. The molecule has 10 heavy (non-hydrogen) atoms. The molecule has 0 aliphatic heterocycles. The van der Waals surface area contributed by atoms with E-state index in [1.54, 1.807) is 0 Å². The molecule has 2 atom stereocenters. The molecule has 0 spiro atoms. The molecule has 3 aliphatic rings. The number of Topliss-reactive ketones (excluding diaryl/α,β-unsaturated/α-hetero) is 1. The van der Waals surface area contributed by atoms with Crippen molar-refractivity contribution in [2.24, 2.45) is 23.7 Å². The van der Waals surface area contributed by atoms with Crippen LogP contribution in [0.25, 0.3) is 0 Å². The zero-order chi connectivity index (χ0) is 6.72. The van der Waals surface area contributed by atoms with Gasteiger partial charge in [0, 0.05) is 11.8 Å². The largest absolute Gasteiger partial charge is 0.299 e. The summed E-state index contributed by atoms with van der Waals surface area (Å²) in [5, 5.41) is 0. The molecule has 3 rings (SSSR count). The topological polar surface area (TPSA) is 17.1 Å². The first-order chi connectivity index (χ1) is 4.86. The average Bonchev–Trinajstić information content (AvgIpc) is 2.44. The van der Waals surface area contributed by atoms with Crippen LogP contribution in [0.5, 0.6) is 0 Å². The van der Waals surface area contributed by atoms with Gasteiger partial charge in [-0.1, -0.05) is 0 Å². The Morgan fingerprint density at radius 1 is 1.10 bits per heavy atom. The summed E-state index contributed by atoms with van der Waals surface area (Å²) >= 11 is 0. The lowest BCUT2D eigenvalue weighted by atomic mass is 9.89. The van der Waals surface area contributed by atoms with E-state index in [-0.39, 0.29) is 0 Å². The number of carbonyl (C=O) groups excluding carboxylic acids is 1. The fourth-order valence-electron chi connectivity index (χ4n) is 3.50. The summed E-state index contributed by atoms with van der Waals surface area (Å²) in [6.45, 7) is 0. The molecule has 0 radical (unpaired) electrons. The Morgan fingerprint density at radius 3 is 2.10 bits per heavy atom. The summed E-state index contributed by atoms with van der Waals surface area (Å²) in [7, 11) is 0. The van der Waals surface area contributed by atoms with Crippen molar-refractivity contribution in [3.05, 3.63) is 0 Å². The van der Waals surface area contributed by atoms with Crippen LogP contribution in [0, 0.1) is 23.7 Å². The van der Waals surface area contributed by atoms with Crippen LogP contribution in [-0.2, 0) is 4.79 Å². The molecule has 3 fully saturated rings. The number of hydrogen-bond acceptors (Lipinski definition) is 1. The fraction of sp³-hybridized carbons (Fsp3) is 0.889. The number of carbonyl (C=O) groups is 1. The highest BCUT2D eigenvalue weighted by atomic mass is 16.1. The molecule has 2 bridgehead atoms. The van der Waals surface area contributed by atoms with E-state index < -0.39 is 0 Å². The highest BCUT2D eigenvalue weighted by Gasteiger charge is 2.55. The van der Waals surface area contributed by atoms with Crippen molar-refractivity contribution in [2.75, 3.05) is 0 Å². The highest BCUT2D eigenvalue weighted by molar-refractivity contribution is 5.88. The quantitative estimate of drug-likeness (QED) is 0.494. The molecule has 0 heterocycles. The van der Waals surface area contributed by atoms with Crippen LogP contribution in [0.2, 0.25) is 0 Å². The van der Waals surface area contributed by atoms with Crippen LogP contribution in [-0.4, -0.2) is 5.78 Å². The Labute approximate surface area is 60.8 Å². The lowest BCUT2D eigenvalue weighted by molar-refractivity contribution is -0.121. The normalized spacial score (nSPS) is 56.6. The van der Waals surface area contributed by atoms with Crippen molar-refractivity contribution in [1.29, 1.82) is 0 Å². The summed E-state index contributed by atoms with van der Waals surface area (Å²) in [5.41, 5.74) is 0. The van der Waals surface area contributed by atoms with Crippen LogP contribution in [0.1, 0.15) is 25.7 Å². The third-order valence-corrected chi connectivity index (χ3v) is 3.83. The molecular weight excluding hydrogens is 124 g/mol. The summed E-state index contributed by atoms with van der Waals surface area (Å²) in [6, 6.07) is 0. The monoisotopic (exact) mass is 136 g/mol. The van der Waals surface area contributed by atoms with Gasteiger partial charge >= 0.3 is 0 Å². The lowest BCUT2D eigenvalue weighted by Crippen LogP contribution is -2.11. The second kappa shape index (κ2) is 1.46. The lowest BCUT2D eigenvalue weighted by Gasteiger charge is -2.14. The van der Waals surface area contributed by atoms with Gasteiger partial charge in [-0.15, -0.1) is 0 Å². The average molecular weight is 136 g/mol. The Bertz CT molecular complexity index is 183. The first kappa shape index (κ1) is 5.34. The van der Waals surface area contributed by atoms with E-state index in [1.165, 1.54) is 25.7 Å². The van der Waals surface area contributed by atoms with Crippen LogP contribution < -0.4 is 0 Å². The maximum Gasteiger partial charge on any atom is 0.139 e. The number of rotatable bonds is 0. The molecule has 0 aromatic rings. The van der Waals surface area contributed by atoms with Gasteiger partial charge in [-0.3, -0.25) is 4.79 Å². The van der Waals surface area contributed by atoms with Gasteiger partial charge in [-0.25, -0.2) is 0 Å². The van der Waals surface area contributed by atoms with Crippen LogP contribution in [0.15, 0.2) is 0 Å². The Morgan fingerprint density at radius 2 is 1.70 bits per heavy atom. The molecule has 1 nitrogen and oxygen atoms in total. The van der Waals surface area contributed by atoms with E-state index in [0.717, 1.165) is 11.8 Å². The molecule has 54 valence electrons. The molecule has 0 aromatic carbocycles. The fourth-order valence-corrected chi connectivity index (χ4v) is 3.50. The van der Waals surface area contributed by atoms with Crippen LogP contribution >= 0.6 is 0 Å². The zero-order valence-corrected chi connectivity index (χ0v) is 6.05. The van der Waals surface area contributed by atoms with Crippen molar-refractivity contribution in [2.45, 2.75) is 25.7 Å². The number of fused-ring (bicyclic) bond motifs is 1. The highest BCUT2D eigenvalue weighted by Crippen LogP contribution is 2.57. The Balaban J connectivity index is 2.09. The van der Waals surface area contributed by atoms with Gasteiger partial charge in [0.1, 0.15) is 5.78 Å². The maximum absolute atomic E-state index is 11.4. The Hall–Kier alpha value is -0.330. The van der Waals surface area contributed by atoms with Gasteiger partial charge in [0.25, 0.3) is 0 Å². The standard InChI is InChI=1S/C9H12O/c10-9-7-3-5-1-2-6(4-7)8(5)9/h5-8H,1-4H2. The van der Waals surface area contributed by atoms with Crippen molar-refractivity contribution in [3.63, 3.8) is 0 Å². The van der Waals surface area contributed by atoms with Gasteiger partial charge < -0.3 is 0 Å². The minimum Gasteiger partial charge on any atom is -0.299 e. The minimum absolute atomic E-state index is 0.516. The van der Waals surface area contributed by atoms with E-state index in [0.29, 0.717) is 17.6 Å². The second-order valence-electron chi connectivity index (χ2n) is 4.19. The van der Waals surface area contributed by atoms with Gasteiger partial charge in [0.05, 0.1) is 0 Å².